The number of methoxy groups -OCH3 is 1. The van der Waals surface area contributed by atoms with Crippen molar-refractivity contribution < 1.29 is 9.53 Å². The fourth-order valence-electron chi connectivity index (χ4n) is 2.92. The lowest BCUT2D eigenvalue weighted by molar-refractivity contribution is -0.121. The zero-order valence-corrected chi connectivity index (χ0v) is 18.4. The summed E-state index contributed by atoms with van der Waals surface area (Å²) in [6.07, 6.45) is 3.83. The Morgan fingerprint density at radius 3 is 2.69 bits per heavy atom. The molecule has 2 rings (SSSR count). The molecule has 0 bridgehead atoms. The van der Waals surface area contributed by atoms with Gasteiger partial charge in [0.15, 0.2) is 5.16 Å². The Balaban J connectivity index is 2.03. The van der Waals surface area contributed by atoms with Gasteiger partial charge in [-0.05, 0) is 18.4 Å². The van der Waals surface area contributed by atoms with Gasteiger partial charge in [-0.25, -0.2) is 4.98 Å². The molecule has 7 heteroatoms. The summed E-state index contributed by atoms with van der Waals surface area (Å²) >= 11 is 1.50. The van der Waals surface area contributed by atoms with E-state index in [0.29, 0.717) is 35.9 Å². The number of benzene rings is 1. The van der Waals surface area contributed by atoms with E-state index in [2.05, 4.69) is 12.2 Å². The van der Waals surface area contributed by atoms with E-state index in [1.807, 2.05) is 30.3 Å². The van der Waals surface area contributed by atoms with Crippen LogP contribution in [0.15, 0.2) is 40.3 Å². The van der Waals surface area contributed by atoms with E-state index in [1.54, 1.807) is 18.7 Å². The fourth-order valence-corrected chi connectivity index (χ4v) is 3.85. The van der Waals surface area contributed by atoms with E-state index in [9.17, 15) is 9.59 Å². The summed E-state index contributed by atoms with van der Waals surface area (Å²) in [6, 6.07) is 9.89. The van der Waals surface area contributed by atoms with Gasteiger partial charge in [-0.3, -0.25) is 14.2 Å². The van der Waals surface area contributed by atoms with Crippen LogP contribution < -0.4 is 10.9 Å². The van der Waals surface area contributed by atoms with Crippen LogP contribution in [0.2, 0.25) is 0 Å². The maximum absolute atomic E-state index is 13.0. The highest BCUT2D eigenvalue weighted by molar-refractivity contribution is 7.99. The van der Waals surface area contributed by atoms with E-state index < -0.39 is 0 Å². The summed E-state index contributed by atoms with van der Waals surface area (Å²) in [6.45, 7) is 3.14. The molecule has 0 aliphatic heterocycles. The third kappa shape index (κ3) is 7.33. The Hall–Kier alpha value is -2.12. The fraction of sp³-hybridized carbons (Fsp3) is 0.500. The maximum Gasteiger partial charge on any atom is 0.257 e. The van der Waals surface area contributed by atoms with Crippen LogP contribution in [0.3, 0.4) is 0 Å². The predicted octanol–water partition coefficient (Wildman–Crippen LogP) is 3.31. The second-order valence-electron chi connectivity index (χ2n) is 6.93. The van der Waals surface area contributed by atoms with E-state index in [1.165, 1.54) is 11.8 Å². The van der Waals surface area contributed by atoms with E-state index >= 15 is 0 Å². The first-order valence-electron chi connectivity index (χ1n) is 10.1. The number of hydrogen-bond acceptors (Lipinski definition) is 5. The SMILES string of the molecule is CCCCNC(=O)CCCSc1nc(COC)c(Cc2ccccc2)c(=O)n1C. The van der Waals surface area contributed by atoms with Crippen molar-refractivity contribution in [3.05, 3.63) is 57.5 Å². The number of nitrogens with one attached hydrogen (secondary N) is 1. The first-order chi connectivity index (χ1) is 14.1. The molecule has 0 aliphatic rings. The minimum atomic E-state index is -0.0456. The molecule has 29 heavy (non-hydrogen) atoms. The minimum absolute atomic E-state index is 0.0456. The molecule has 0 aliphatic carbocycles. The molecular formula is C22H31N3O3S. The van der Waals surface area contributed by atoms with Crippen molar-refractivity contribution in [3.8, 4) is 0 Å². The van der Waals surface area contributed by atoms with Gasteiger partial charge in [0, 0.05) is 44.9 Å². The van der Waals surface area contributed by atoms with Crippen molar-refractivity contribution in [2.24, 2.45) is 7.05 Å². The van der Waals surface area contributed by atoms with Crippen LogP contribution in [0.25, 0.3) is 0 Å². The van der Waals surface area contributed by atoms with Gasteiger partial charge in [0.25, 0.3) is 5.56 Å². The molecule has 0 saturated carbocycles. The number of hydrogen-bond donors (Lipinski definition) is 1. The molecule has 158 valence electrons. The molecule has 1 N–H and O–H groups in total. The normalized spacial score (nSPS) is 10.9. The molecule has 1 heterocycles. The van der Waals surface area contributed by atoms with Gasteiger partial charge in [-0.1, -0.05) is 55.4 Å². The lowest BCUT2D eigenvalue weighted by Crippen LogP contribution is -2.27. The number of unbranched alkanes of at least 4 members (excludes halogenated alkanes) is 1. The average Bonchev–Trinajstić information content (AvgIpc) is 2.72. The molecule has 1 aromatic heterocycles. The van der Waals surface area contributed by atoms with Crippen molar-refractivity contribution in [2.45, 2.75) is 50.8 Å². The Labute approximate surface area is 177 Å². The zero-order chi connectivity index (χ0) is 21.1. The van der Waals surface area contributed by atoms with Gasteiger partial charge in [0.1, 0.15) is 0 Å². The van der Waals surface area contributed by atoms with Crippen LogP contribution >= 0.6 is 11.8 Å². The third-order valence-corrected chi connectivity index (χ3v) is 5.68. The van der Waals surface area contributed by atoms with Crippen LogP contribution in [-0.2, 0) is 29.6 Å². The summed E-state index contributed by atoms with van der Waals surface area (Å²) in [5.41, 5.74) is 2.37. The number of aromatic nitrogens is 2. The molecule has 0 unspecified atom stereocenters. The number of nitrogens with zero attached hydrogens (tertiary/aromatic N) is 2. The number of carbonyl (C=O) groups is 1. The standard InChI is InChI=1S/C22H31N3O3S/c1-4-5-13-23-20(26)12-9-14-29-22-24-19(16-28-3)18(21(27)25(22)2)15-17-10-7-6-8-11-17/h6-8,10-11H,4-5,9,12-16H2,1-3H3,(H,23,26). The molecule has 0 atom stereocenters. The maximum atomic E-state index is 13.0. The number of carbonyl (C=O) groups excluding carboxylic acids is 1. The lowest BCUT2D eigenvalue weighted by Gasteiger charge is -2.14. The first kappa shape index (κ1) is 23.2. The predicted molar refractivity (Wildman–Crippen MR) is 117 cm³/mol. The topological polar surface area (TPSA) is 73.2 Å². The summed E-state index contributed by atoms with van der Waals surface area (Å²) in [4.78, 5) is 29.5. The number of rotatable bonds is 12. The van der Waals surface area contributed by atoms with Crippen molar-refractivity contribution in [3.63, 3.8) is 0 Å². The van der Waals surface area contributed by atoms with Gasteiger partial charge < -0.3 is 10.1 Å². The van der Waals surface area contributed by atoms with E-state index in [0.717, 1.165) is 37.1 Å². The molecule has 2 aromatic rings. The number of amides is 1. The highest BCUT2D eigenvalue weighted by Crippen LogP contribution is 2.19. The Bertz CT molecular complexity index is 837. The second kappa shape index (κ2) is 12.4. The molecule has 0 saturated heterocycles. The van der Waals surface area contributed by atoms with Gasteiger partial charge >= 0.3 is 0 Å². The molecule has 0 radical (unpaired) electrons. The number of ether oxygens (including phenoxy) is 1. The highest BCUT2D eigenvalue weighted by atomic mass is 32.2. The Kier molecular flexibility index (Phi) is 9.94. The molecule has 1 aromatic carbocycles. The van der Waals surface area contributed by atoms with Crippen molar-refractivity contribution in [1.82, 2.24) is 14.9 Å². The zero-order valence-electron chi connectivity index (χ0n) is 17.6. The lowest BCUT2D eigenvalue weighted by atomic mass is 10.0. The van der Waals surface area contributed by atoms with Crippen LogP contribution in [0.5, 0.6) is 0 Å². The number of thioether (sulfide) groups is 1. The molecule has 0 fully saturated rings. The molecular weight excluding hydrogens is 386 g/mol. The Morgan fingerprint density at radius 2 is 2.00 bits per heavy atom. The monoisotopic (exact) mass is 417 g/mol. The van der Waals surface area contributed by atoms with Gasteiger partial charge in [0.05, 0.1) is 12.3 Å². The molecule has 6 nitrogen and oxygen atoms in total. The largest absolute Gasteiger partial charge is 0.378 e. The Morgan fingerprint density at radius 1 is 1.24 bits per heavy atom. The van der Waals surface area contributed by atoms with E-state index in [-0.39, 0.29) is 11.5 Å². The first-order valence-corrected chi connectivity index (χ1v) is 11.1. The van der Waals surface area contributed by atoms with Crippen LogP contribution in [-0.4, -0.2) is 34.9 Å². The summed E-state index contributed by atoms with van der Waals surface area (Å²) in [5, 5.41) is 3.58. The van der Waals surface area contributed by atoms with Gasteiger partial charge in [0.2, 0.25) is 5.91 Å². The smallest absolute Gasteiger partial charge is 0.257 e. The summed E-state index contributed by atoms with van der Waals surface area (Å²) < 4.78 is 6.89. The van der Waals surface area contributed by atoms with Gasteiger partial charge in [-0.15, -0.1) is 0 Å². The highest BCUT2D eigenvalue weighted by Gasteiger charge is 2.15. The van der Waals surface area contributed by atoms with Crippen LogP contribution in [0, 0.1) is 0 Å². The second-order valence-corrected chi connectivity index (χ2v) is 8.00. The van der Waals surface area contributed by atoms with Crippen molar-refractivity contribution in [1.29, 1.82) is 0 Å². The van der Waals surface area contributed by atoms with E-state index in [4.69, 9.17) is 9.72 Å². The minimum Gasteiger partial charge on any atom is -0.378 e. The summed E-state index contributed by atoms with van der Waals surface area (Å²) in [5.74, 6) is 0.811. The van der Waals surface area contributed by atoms with Crippen LogP contribution in [0.4, 0.5) is 0 Å². The van der Waals surface area contributed by atoms with Crippen molar-refractivity contribution >= 4 is 17.7 Å². The third-order valence-electron chi connectivity index (χ3n) is 4.57. The summed E-state index contributed by atoms with van der Waals surface area (Å²) in [7, 11) is 3.36. The van der Waals surface area contributed by atoms with Gasteiger partial charge in [-0.2, -0.15) is 0 Å². The van der Waals surface area contributed by atoms with Crippen LogP contribution in [0.1, 0.15) is 49.4 Å². The quantitative estimate of drug-likeness (QED) is 0.326. The molecule has 0 spiro atoms. The average molecular weight is 418 g/mol. The molecule has 1 amide bonds. The van der Waals surface area contributed by atoms with Crippen molar-refractivity contribution in [2.75, 3.05) is 19.4 Å².